The van der Waals surface area contributed by atoms with Crippen molar-refractivity contribution in [2.45, 2.75) is 121 Å². The van der Waals surface area contributed by atoms with Gasteiger partial charge in [0.05, 0.1) is 11.5 Å². The summed E-state index contributed by atoms with van der Waals surface area (Å²) in [5.74, 6) is 2.83. The van der Waals surface area contributed by atoms with Gasteiger partial charge in [0.2, 0.25) is 0 Å². The quantitative estimate of drug-likeness (QED) is 0.154. The predicted octanol–water partition coefficient (Wildman–Crippen LogP) is 8.84. The molecule has 0 radical (unpaired) electrons. The lowest BCUT2D eigenvalue weighted by Crippen LogP contribution is -2.53. The molecule has 1 aromatic carbocycles. The topological polar surface area (TPSA) is 110 Å². The summed E-state index contributed by atoms with van der Waals surface area (Å²) in [7, 11) is -4.52. The smallest absolute Gasteiger partial charge is 0.192 e. The molecule has 5 rings (SSSR count). The molecule has 1 saturated heterocycles. The van der Waals surface area contributed by atoms with Crippen molar-refractivity contribution in [1.82, 2.24) is 19.7 Å². The molecular weight excluding hydrogens is 643 g/mol. The van der Waals surface area contributed by atoms with E-state index in [-0.39, 0.29) is 28.4 Å². The first kappa shape index (κ1) is 35.8. The number of thioether (sulfide) groups is 1. The molecule has 1 fully saturated rings. The normalized spacial score (nSPS) is 21.2. The van der Waals surface area contributed by atoms with Gasteiger partial charge in [-0.1, -0.05) is 84.0 Å². The number of hydrogen-bond acceptors (Lipinski definition) is 9. The second kappa shape index (κ2) is 13.4. The number of nitrogens with zero attached hydrogens (tertiary/aromatic N) is 4. The van der Waals surface area contributed by atoms with Gasteiger partial charge in [-0.05, 0) is 42.3 Å². The van der Waals surface area contributed by atoms with Crippen LogP contribution < -0.4 is 5.73 Å². The van der Waals surface area contributed by atoms with E-state index in [1.807, 2.05) is 42.2 Å². The molecule has 4 heterocycles. The Labute approximate surface area is 286 Å². The Morgan fingerprint density at radius 2 is 1.55 bits per heavy atom. The predicted molar refractivity (Wildman–Crippen MR) is 197 cm³/mol. The summed E-state index contributed by atoms with van der Waals surface area (Å²) in [4.78, 5) is 8.86. The first-order valence-electron chi connectivity index (χ1n) is 16.6. The van der Waals surface area contributed by atoms with Crippen LogP contribution in [0.3, 0.4) is 0 Å². The standard InChI is InChI=1S/C35H53N5O4SSi2/c1-12-26-25(28(39-42-26)23-16-14-13-15-17-23)20-45-21-27-29(43-46(8,9)34(2,3)4)30(44-47(10,11)35(5,6)7)33(41-27)40-19-18-24-31(36)37-22-38-32(24)40/h13-19,22,27,29-30,33H,12,20-21H2,1-11H3,(H2,36,37,38)/t27-,29-,30-,33-/m1/s1. The SMILES string of the molecule is CCc1onc(-c2ccccc2)c1CSC[C@H]1O[C@@H](n2ccc3c(N)ncnc32)[C@H](O[Si](C)(C)C(C)(C)C)[C@@H]1O[Si](C)(C)C(C)(C)C. The summed E-state index contributed by atoms with van der Waals surface area (Å²) in [6, 6.07) is 12.2. The van der Waals surface area contributed by atoms with Crippen LogP contribution in [0.5, 0.6) is 0 Å². The van der Waals surface area contributed by atoms with Crippen molar-refractivity contribution in [2.75, 3.05) is 11.5 Å². The third kappa shape index (κ3) is 7.28. The van der Waals surface area contributed by atoms with E-state index in [4.69, 9.17) is 23.8 Å². The van der Waals surface area contributed by atoms with E-state index >= 15 is 0 Å². The highest BCUT2D eigenvalue weighted by Crippen LogP contribution is 2.47. The fourth-order valence-corrected chi connectivity index (χ4v) is 9.16. The number of aryl methyl sites for hydroxylation is 1. The van der Waals surface area contributed by atoms with Gasteiger partial charge >= 0.3 is 0 Å². The molecule has 9 nitrogen and oxygen atoms in total. The molecule has 0 amide bonds. The number of nitrogens with two attached hydrogens (primary N) is 1. The average molecular weight is 696 g/mol. The third-order valence-electron chi connectivity index (χ3n) is 10.3. The zero-order valence-corrected chi connectivity index (χ0v) is 32.8. The lowest BCUT2D eigenvalue weighted by atomic mass is 10.1. The maximum atomic E-state index is 7.33. The summed E-state index contributed by atoms with van der Waals surface area (Å²) < 4.78 is 29.6. The molecule has 0 saturated carbocycles. The molecule has 47 heavy (non-hydrogen) atoms. The molecule has 1 aliphatic rings. The second-order valence-corrected chi connectivity index (χ2v) is 26.2. The van der Waals surface area contributed by atoms with Gasteiger partial charge in [-0.25, -0.2) is 9.97 Å². The summed E-state index contributed by atoms with van der Waals surface area (Å²) in [5, 5.41) is 5.28. The van der Waals surface area contributed by atoms with Crippen molar-refractivity contribution in [1.29, 1.82) is 0 Å². The van der Waals surface area contributed by atoms with Crippen LogP contribution in [0.25, 0.3) is 22.3 Å². The van der Waals surface area contributed by atoms with Gasteiger partial charge in [0.15, 0.2) is 22.9 Å². The van der Waals surface area contributed by atoms with Crippen molar-refractivity contribution in [3.05, 3.63) is 60.2 Å². The molecule has 1 aliphatic heterocycles. The Morgan fingerprint density at radius 3 is 2.17 bits per heavy atom. The number of hydrogen-bond donors (Lipinski definition) is 1. The zero-order valence-electron chi connectivity index (χ0n) is 30.0. The summed E-state index contributed by atoms with van der Waals surface area (Å²) in [5.41, 5.74) is 10.1. The van der Waals surface area contributed by atoms with Gasteiger partial charge in [-0.2, -0.15) is 11.8 Å². The lowest BCUT2D eigenvalue weighted by molar-refractivity contribution is -0.0244. The number of anilines is 1. The molecule has 0 bridgehead atoms. The summed E-state index contributed by atoms with van der Waals surface area (Å²) in [6.45, 7) is 25.0. The maximum Gasteiger partial charge on any atom is 0.192 e. The van der Waals surface area contributed by atoms with Crippen molar-refractivity contribution in [3.8, 4) is 11.3 Å². The van der Waals surface area contributed by atoms with Crippen molar-refractivity contribution < 1.29 is 18.1 Å². The molecule has 4 aromatic rings. The zero-order chi connectivity index (χ0) is 34.4. The molecule has 2 N–H and O–H groups in total. The lowest BCUT2D eigenvalue weighted by Gasteiger charge is -2.44. The van der Waals surface area contributed by atoms with Crippen LogP contribution >= 0.6 is 11.8 Å². The highest BCUT2D eigenvalue weighted by Gasteiger charge is 2.54. The Morgan fingerprint density at radius 1 is 0.915 bits per heavy atom. The molecule has 0 spiro atoms. The van der Waals surface area contributed by atoms with E-state index in [2.05, 4.69) is 106 Å². The third-order valence-corrected chi connectivity index (χ3v) is 20.3. The van der Waals surface area contributed by atoms with E-state index in [0.29, 0.717) is 11.6 Å². The fraction of sp³-hybridized carbons (Fsp3) is 0.571. The van der Waals surface area contributed by atoms with Crippen LogP contribution in [0.2, 0.25) is 36.3 Å². The highest BCUT2D eigenvalue weighted by molar-refractivity contribution is 7.98. The van der Waals surface area contributed by atoms with Crippen LogP contribution in [0.4, 0.5) is 5.82 Å². The maximum absolute atomic E-state index is 7.33. The molecule has 3 aromatic heterocycles. The van der Waals surface area contributed by atoms with Crippen molar-refractivity contribution in [2.24, 2.45) is 0 Å². The average Bonchev–Trinajstić information content (AvgIpc) is 3.69. The van der Waals surface area contributed by atoms with Gasteiger partial charge in [-0.15, -0.1) is 0 Å². The number of nitrogen functional groups attached to an aromatic ring is 1. The van der Waals surface area contributed by atoms with E-state index < -0.39 is 22.9 Å². The monoisotopic (exact) mass is 695 g/mol. The number of fused-ring (bicyclic) bond motifs is 1. The van der Waals surface area contributed by atoms with Crippen LogP contribution in [0, 0.1) is 0 Å². The highest BCUT2D eigenvalue weighted by atomic mass is 32.2. The van der Waals surface area contributed by atoms with Crippen molar-refractivity contribution in [3.63, 3.8) is 0 Å². The Kier molecular flexibility index (Phi) is 10.2. The van der Waals surface area contributed by atoms with E-state index in [1.165, 1.54) is 6.33 Å². The first-order valence-corrected chi connectivity index (χ1v) is 23.6. The largest absolute Gasteiger partial charge is 0.408 e. The van der Waals surface area contributed by atoms with E-state index in [9.17, 15) is 0 Å². The van der Waals surface area contributed by atoms with Gasteiger partial charge in [0.1, 0.15) is 41.5 Å². The van der Waals surface area contributed by atoms with E-state index in [1.54, 1.807) is 0 Å². The van der Waals surface area contributed by atoms with Crippen LogP contribution in [-0.2, 0) is 25.8 Å². The molecule has 0 aliphatic carbocycles. The molecule has 4 atom stereocenters. The van der Waals surface area contributed by atoms with Crippen LogP contribution in [0.1, 0.15) is 66.0 Å². The number of aromatic nitrogens is 4. The van der Waals surface area contributed by atoms with Gasteiger partial charge < -0.3 is 28.4 Å². The summed E-state index contributed by atoms with van der Waals surface area (Å²) >= 11 is 1.83. The summed E-state index contributed by atoms with van der Waals surface area (Å²) in [6.07, 6.45) is 3.00. The minimum atomic E-state index is -2.27. The first-order chi connectivity index (χ1) is 21.9. The van der Waals surface area contributed by atoms with Crippen LogP contribution in [0.15, 0.2) is 53.4 Å². The Balaban J connectivity index is 1.52. The number of ether oxygens (including phenoxy) is 1. The number of benzene rings is 1. The molecule has 12 heteroatoms. The molecule has 0 unspecified atom stereocenters. The molecule has 256 valence electrons. The van der Waals surface area contributed by atoms with Gasteiger partial charge in [0.25, 0.3) is 0 Å². The Bertz CT molecular complexity index is 1660. The fourth-order valence-electron chi connectivity index (χ4n) is 5.43. The van der Waals surface area contributed by atoms with Gasteiger partial charge in [0, 0.05) is 35.3 Å². The number of rotatable bonds is 11. The van der Waals surface area contributed by atoms with Gasteiger partial charge in [-0.3, -0.25) is 0 Å². The Hall–Kier alpha value is -2.49. The van der Waals surface area contributed by atoms with E-state index in [0.717, 1.165) is 45.8 Å². The minimum absolute atomic E-state index is 0.00403. The second-order valence-electron chi connectivity index (χ2n) is 15.6. The van der Waals surface area contributed by atoms with Crippen molar-refractivity contribution >= 4 is 45.2 Å². The van der Waals surface area contributed by atoms with Crippen LogP contribution in [-0.4, -0.2) is 60.4 Å². The molecular formula is C35H53N5O4SSi2. The minimum Gasteiger partial charge on any atom is -0.408 e.